The Kier molecular flexibility index (Phi) is 2.42. The van der Waals surface area contributed by atoms with E-state index >= 15 is 0 Å². The average Bonchev–Trinajstić information content (AvgIpc) is 2.36. The third kappa shape index (κ3) is 1.67. The van der Waals surface area contributed by atoms with Gasteiger partial charge in [0, 0.05) is 12.5 Å². The van der Waals surface area contributed by atoms with E-state index in [-0.39, 0.29) is 11.0 Å². The van der Waals surface area contributed by atoms with Crippen molar-refractivity contribution in [3.05, 3.63) is 0 Å². The highest BCUT2D eigenvalue weighted by molar-refractivity contribution is 7.96. The molecule has 1 unspecified atom stereocenters. The highest BCUT2D eigenvalue weighted by Gasteiger charge is 2.31. The fourth-order valence-corrected chi connectivity index (χ4v) is 2.56. The van der Waals surface area contributed by atoms with Crippen LogP contribution in [0.1, 0.15) is 19.3 Å². The van der Waals surface area contributed by atoms with E-state index in [2.05, 4.69) is 17.5 Å². The number of hydrogen-bond donors (Lipinski definition) is 1. The first kappa shape index (κ1) is 8.57. The van der Waals surface area contributed by atoms with E-state index < -0.39 is 0 Å². The number of carbonyl (C=O) groups is 1. The van der Waals surface area contributed by atoms with E-state index in [1.54, 1.807) is 0 Å². The van der Waals surface area contributed by atoms with Crippen LogP contribution in [-0.4, -0.2) is 29.6 Å². The molecule has 0 aromatic carbocycles. The van der Waals surface area contributed by atoms with Gasteiger partial charge in [0.1, 0.15) is 0 Å². The first-order chi connectivity index (χ1) is 5.75. The lowest BCUT2D eigenvalue weighted by Gasteiger charge is -2.26. The minimum atomic E-state index is 0.0915. The summed E-state index contributed by atoms with van der Waals surface area (Å²) in [6.45, 7) is 3.35. The summed E-state index contributed by atoms with van der Waals surface area (Å²) < 4.78 is 0. The molecule has 1 atom stereocenters. The Labute approximate surface area is 78.7 Å². The van der Waals surface area contributed by atoms with Gasteiger partial charge < -0.3 is 4.90 Å². The molecule has 0 aliphatic carbocycles. The minimum Gasteiger partial charge on any atom is -0.303 e. The van der Waals surface area contributed by atoms with Crippen molar-refractivity contribution in [3.63, 3.8) is 0 Å². The lowest BCUT2D eigenvalue weighted by Crippen LogP contribution is -2.32. The number of nitrogens with zero attached hydrogens (tertiary/aromatic N) is 1. The first-order valence-corrected chi connectivity index (χ1v) is 5.15. The summed E-state index contributed by atoms with van der Waals surface area (Å²) in [5.74, 6) is 1.01. The quantitative estimate of drug-likeness (QED) is 0.619. The molecular formula is C9H15NOS. The van der Waals surface area contributed by atoms with E-state index in [1.807, 2.05) is 0 Å². The van der Waals surface area contributed by atoms with Crippen LogP contribution in [0, 0.1) is 11.8 Å². The van der Waals surface area contributed by atoms with Crippen LogP contribution in [0.3, 0.4) is 0 Å². The normalized spacial score (nSPS) is 40.9. The third-order valence-electron chi connectivity index (χ3n) is 3.15. The van der Waals surface area contributed by atoms with Gasteiger partial charge in [0.25, 0.3) is 0 Å². The van der Waals surface area contributed by atoms with Gasteiger partial charge in [0.2, 0.25) is 0 Å². The summed E-state index contributed by atoms with van der Waals surface area (Å²) in [5.41, 5.74) is 0. The summed E-state index contributed by atoms with van der Waals surface area (Å²) in [5, 5.41) is 0.0915. The standard InChI is InChI=1S/C9H15NOS/c11-9(12)8-5-7-1-3-10(6-8)4-2-7/h7-8H,1-6H2,(H,11,12). The molecule has 0 aromatic heterocycles. The van der Waals surface area contributed by atoms with Gasteiger partial charge in [-0.2, -0.15) is 0 Å². The number of carbonyl (C=O) groups excluding carboxylic acids is 1. The molecule has 2 nitrogen and oxygen atoms in total. The zero-order valence-electron chi connectivity index (χ0n) is 7.20. The second-order valence-corrected chi connectivity index (χ2v) is 4.46. The third-order valence-corrected chi connectivity index (χ3v) is 3.52. The SMILES string of the molecule is O=C(S)C1CC2CCN(CC2)C1. The zero-order chi connectivity index (χ0) is 8.55. The summed E-state index contributed by atoms with van der Waals surface area (Å²) >= 11 is 3.93. The van der Waals surface area contributed by atoms with Gasteiger partial charge in [-0.05, 0) is 38.3 Å². The summed E-state index contributed by atoms with van der Waals surface area (Å²) in [4.78, 5) is 13.5. The zero-order valence-corrected chi connectivity index (χ0v) is 8.09. The summed E-state index contributed by atoms with van der Waals surface area (Å²) in [7, 11) is 0. The Bertz CT molecular complexity index is 173. The second kappa shape index (κ2) is 3.38. The molecule has 3 aliphatic rings. The topological polar surface area (TPSA) is 20.3 Å². The summed E-state index contributed by atoms with van der Waals surface area (Å²) in [6, 6.07) is 0. The van der Waals surface area contributed by atoms with Gasteiger partial charge in [-0.3, -0.25) is 4.79 Å². The Hall–Kier alpha value is -0.0200. The predicted molar refractivity (Wildman–Crippen MR) is 51.3 cm³/mol. The molecule has 2 bridgehead atoms. The van der Waals surface area contributed by atoms with E-state index in [9.17, 15) is 4.79 Å². The molecule has 0 saturated carbocycles. The van der Waals surface area contributed by atoms with Gasteiger partial charge in [-0.25, -0.2) is 0 Å². The number of piperidine rings is 1. The molecule has 0 amide bonds. The largest absolute Gasteiger partial charge is 0.303 e. The van der Waals surface area contributed by atoms with E-state index in [0.717, 1.165) is 18.9 Å². The molecule has 3 fully saturated rings. The van der Waals surface area contributed by atoms with Crippen molar-refractivity contribution in [3.8, 4) is 0 Å². The monoisotopic (exact) mass is 185 g/mol. The minimum absolute atomic E-state index is 0.0915. The van der Waals surface area contributed by atoms with Crippen LogP contribution in [0.2, 0.25) is 0 Å². The molecular weight excluding hydrogens is 170 g/mol. The Morgan fingerprint density at radius 2 is 2.00 bits per heavy atom. The van der Waals surface area contributed by atoms with Crippen LogP contribution >= 0.6 is 12.6 Å². The molecule has 3 aliphatic heterocycles. The molecule has 3 saturated heterocycles. The molecule has 0 spiro atoms. The fraction of sp³-hybridized carbons (Fsp3) is 0.889. The maximum atomic E-state index is 11.1. The van der Waals surface area contributed by atoms with E-state index in [0.29, 0.717) is 0 Å². The molecule has 3 rings (SSSR count). The highest BCUT2D eigenvalue weighted by atomic mass is 32.1. The van der Waals surface area contributed by atoms with Crippen LogP contribution in [0.15, 0.2) is 0 Å². The van der Waals surface area contributed by atoms with Gasteiger partial charge in [-0.1, -0.05) is 0 Å². The van der Waals surface area contributed by atoms with E-state index in [1.165, 1.54) is 25.9 Å². The average molecular weight is 185 g/mol. The van der Waals surface area contributed by atoms with E-state index in [4.69, 9.17) is 0 Å². The van der Waals surface area contributed by atoms with Crippen molar-refractivity contribution in [1.82, 2.24) is 4.90 Å². The van der Waals surface area contributed by atoms with Crippen LogP contribution in [0.5, 0.6) is 0 Å². The van der Waals surface area contributed by atoms with Gasteiger partial charge in [0.15, 0.2) is 5.12 Å². The Morgan fingerprint density at radius 1 is 1.33 bits per heavy atom. The molecule has 0 radical (unpaired) electrons. The first-order valence-electron chi connectivity index (χ1n) is 4.71. The number of thiol groups is 1. The van der Waals surface area contributed by atoms with Gasteiger partial charge in [-0.15, -0.1) is 12.6 Å². The number of rotatable bonds is 1. The lowest BCUT2D eigenvalue weighted by molar-refractivity contribution is -0.114. The van der Waals surface area contributed by atoms with Crippen molar-refractivity contribution in [2.24, 2.45) is 11.8 Å². The predicted octanol–water partition coefficient (Wildman–Crippen LogP) is 1.17. The number of fused-ring (bicyclic) bond motifs is 4. The smallest absolute Gasteiger partial charge is 0.190 e. The van der Waals surface area contributed by atoms with Gasteiger partial charge in [0.05, 0.1) is 0 Å². The van der Waals surface area contributed by atoms with Crippen molar-refractivity contribution in [1.29, 1.82) is 0 Å². The van der Waals surface area contributed by atoms with Crippen LogP contribution < -0.4 is 0 Å². The van der Waals surface area contributed by atoms with Gasteiger partial charge >= 0.3 is 0 Å². The molecule has 0 N–H and O–H groups in total. The number of hydrogen-bond acceptors (Lipinski definition) is 2. The van der Waals surface area contributed by atoms with Crippen LogP contribution in [-0.2, 0) is 4.79 Å². The molecule has 3 heteroatoms. The van der Waals surface area contributed by atoms with Crippen LogP contribution in [0.4, 0.5) is 0 Å². The Morgan fingerprint density at radius 3 is 2.58 bits per heavy atom. The molecule has 0 aromatic rings. The molecule has 3 heterocycles. The van der Waals surface area contributed by atoms with Crippen molar-refractivity contribution < 1.29 is 4.79 Å². The Balaban J connectivity index is 2.06. The van der Waals surface area contributed by atoms with Crippen molar-refractivity contribution >= 4 is 17.7 Å². The molecule has 68 valence electrons. The second-order valence-electron chi connectivity index (χ2n) is 4.01. The maximum Gasteiger partial charge on any atom is 0.190 e. The lowest BCUT2D eigenvalue weighted by atomic mass is 9.92. The maximum absolute atomic E-state index is 11.1. The highest BCUT2D eigenvalue weighted by Crippen LogP contribution is 2.30. The van der Waals surface area contributed by atoms with Crippen molar-refractivity contribution in [2.75, 3.05) is 19.6 Å². The van der Waals surface area contributed by atoms with Crippen LogP contribution in [0.25, 0.3) is 0 Å². The molecule has 12 heavy (non-hydrogen) atoms. The van der Waals surface area contributed by atoms with Crippen molar-refractivity contribution in [2.45, 2.75) is 19.3 Å². The summed E-state index contributed by atoms with van der Waals surface area (Å²) in [6.07, 6.45) is 3.66. The fourth-order valence-electron chi connectivity index (χ4n) is 2.37.